The molecular formula is C21H20ClN3O5S2. The number of amides is 1. The Morgan fingerprint density at radius 3 is 2.59 bits per heavy atom. The van der Waals surface area contributed by atoms with Crippen LogP contribution in [0.1, 0.15) is 23.0 Å². The summed E-state index contributed by atoms with van der Waals surface area (Å²) in [6.07, 6.45) is -0.00460. The Kier molecular flexibility index (Phi) is 7.49. The summed E-state index contributed by atoms with van der Waals surface area (Å²) in [5, 5.41) is 4.51. The number of hydrogen-bond acceptors (Lipinski definition) is 7. The van der Waals surface area contributed by atoms with E-state index in [-0.39, 0.29) is 33.6 Å². The number of sulfonamides is 1. The zero-order valence-electron chi connectivity index (χ0n) is 17.2. The molecule has 0 saturated heterocycles. The summed E-state index contributed by atoms with van der Waals surface area (Å²) in [5.74, 6) is -0.969. The fourth-order valence-corrected chi connectivity index (χ4v) is 5.14. The Morgan fingerprint density at radius 1 is 1.19 bits per heavy atom. The number of benzene rings is 2. The van der Waals surface area contributed by atoms with Crippen LogP contribution in [0.3, 0.4) is 0 Å². The van der Waals surface area contributed by atoms with Crippen molar-refractivity contribution in [3.05, 3.63) is 70.2 Å². The Balaban J connectivity index is 1.80. The smallest absolute Gasteiger partial charge is 0.311 e. The van der Waals surface area contributed by atoms with Gasteiger partial charge in [0.1, 0.15) is 4.90 Å². The number of anilines is 2. The molecule has 1 aromatic heterocycles. The standard InChI is InChI=1S/C21H20ClN3O5S2/c1-3-30-19(26)12-15-13-31-21(23-15)24-20(27)14-9-10-17(22)18(11-14)32(28,29)25(2)16-7-5-4-6-8-16/h4-11,13H,3,12H2,1-2H3,(H,23,24,27). The van der Waals surface area contributed by atoms with Gasteiger partial charge < -0.3 is 4.74 Å². The maximum Gasteiger partial charge on any atom is 0.311 e. The Hall–Kier alpha value is -2.95. The lowest BCUT2D eigenvalue weighted by molar-refractivity contribution is -0.142. The number of carbonyl (C=O) groups excluding carboxylic acids is 2. The molecule has 8 nitrogen and oxygen atoms in total. The molecule has 32 heavy (non-hydrogen) atoms. The highest BCUT2D eigenvalue weighted by Crippen LogP contribution is 2.29. The second-order valence-corrected chi connectivity index (χ2v) is 9.74. The van der Waals surface area contributed by atoms with E-state index in [0.717, 1.165) is 15.6 Å². The van der Waals surface area contributed by atoms with Crippen LogP contribution in [0.25, 0.3) is 0 Å². The molecule has 0 saturated carbocycles. The van der Waals surface area contributed by atoms with Gasteiger partial charge in [0.15, 0.2) is 5.13 Å². The number of ether oxygens (including phenoxy) is 1. The molecule has 0 atom stereocenters. The first kappa shape index (κ1) is 23.7. The molecule has 0 spiro atoms. The van der Waals surface area contributed by atoms with Crippen LogP contribution in [0.4, 0.5) is 10.8 Å². The normalized spacial score (nSPS) is 11.1. The predicted octanol–water partition coefficient (Wildman–Crippen LogP) is 3.98. The quantitative estimate of drug-likeness (QED) is 0.476. The summed E-state index contributed by atoms with van der Waals surface area (Å²) in [4.78, 5) is 28.3. The molecular weight excluding hydrogens is 474 g/mol. The number of thiazole rings is 1. The third kappa shape index (κ3) is 5.45. The number of hydrogen-bond donors (Lipinski definition) is 1. The third-order valence-corrected chi connectivity index (χ3v) is 7.43. The van der Waals surface area contributed by atoms with E-state index in [1.165, 1.54) is 25.2 Å². The summed E-state index contributed by atoms with van der Waals surface area (Å²) >= 11 is 7.31. The van der Waals surface area contributed by atoms with E-state index < -0.39 is 21.9 Å². The number of para-hydroxylation sites is 1. The molecule has 1 heterocycles. The van der Waals surface area contributed by atoms with Gasteiger partial charge in [-0.25, -0.2) is 13.4 Å². The first-order valence-corrected chi connectivity index (χ1v) is 12.2. The summed E-state index contributed by atoms with van der Waals surface area (Å²) in [7, 11) is -2.60. The van der Waals surface area contributed by atoms with Crippen LogP contribution < -0.4 is 9.62 Å². The molecule has 3 rings (SSSR count). The van der Waals surface area contributed by atoms with E-state index >= 15 is 0 Å². The average molecular weight is 494 g/mol. The molecule has 0 aliphatic heterocycles. The van der Waals surface area contributed by atoms with Gasteiger partial charge in [0, 0.05) is 18.0 Å². The number of esters is 1. The maximum absolute atomic E-state index is 13.1. The second kappa shape index (κ2) is 10.1. The van der Waals surface area contributed by atoms with E-state index in [2.05, 4.69) is 10.3 Å². The van der Waals surface area contributed by atoms with Crippen molar-refractivity contribution in [3.63, 3.8) is 0 Å². The summed E-state index contributed by atoms with van der Waals surface area (Å²) in [6, 6.07) is 12.5. The monoisotopic (exact) mass is 493 g/mol. The zero-order valence-corrected chi connectivity index (χ0v) is 19.6. The van der Waals surface area contributed by atoms with Gasteiger partial charge in [-0.15, -0.1) is 11.3 Å². The second-order valence-electron chi connectivity index (χ2n) is 6.53. The lowest BCUT2D eigenvalue weighted by Gasteiger charge is -2.20. The fraction of sp³-hybridized carbons (Fsp3) is 0.190. The van der Waals surface area contributed by atoms with Gasteiger partial charge in [-0.2, -0.15) is 0 Å². The number of carbonyl (C=O) groups is 2. The molecule has 0 fully saturated rings. The molecule has 0 unspecified atom stereocenters. The van der Waals surface area contributed by atoms with Crippen molar-refractivity contribution in [2.24, 2.45) is 0 Å². The topological polar surface area (TPSA) is 106 Å². The van der Waals surface area contributed by atoms with E-state index in [1.54, 1.807) is 42.6 Å². The number of nitrogens with zero attached hydrogens (tertiary/aromatic N) is 2. The van der Waals surface area contributed by atoms with E-state index in [0.29, 0.717) is 11.4 Å². The average Bonchev–Trinajstić information content (AvgIpc) is 3.20. The number of rotatable bonds is 8. The van der Waals surface area contributed by atoms with E-state index in [4.69, 9.17) is 16.3 Å². The number of aromatic nitrogens is 1. The number of nitrogens with one attached hydrogen (secondary N) is 1. The SMILES string of the molecule is CCOC(=O)Cc1csc(NC(=O)c2ccc(Cl)c(S(=O)(=O)N(C)c3ccccc3)c2)n1. The minimum atomic E-state index is -4.01. The van der Waals surface area contributed by atoms with Crippen molar-refractivity contribution in [3.8, 4) is 0 Å². The van der Waals surface area contributed by atoms with Gasteiger partial charge in [-0.05, 0) is 37.3 Å². The summed E-state index contributed by atoms with van der Waals surface area (Å²) in [6.45, 7) is 1.98. The molecule has 3 aromatic rings. The highest BCUT2D eigenvalue weighted by atomic mass is 35.5. The van der Waals surface area contributed by atoms with Gasteiger partial charge in [0.2, 0.25) is 0 Å². The Bertz CT molecular complexity index is 1230. The lowest BCUT2D eigenvalue weighted by atomic mass is 10.2. The van der Waals surface area contributed by atoms with Crippen molar-refractivity contribution in [1.82, 2.24) is 4.98 Å². The van der Waals surface area contributed by atoms with Crippen LogP contribution in [0.15, 0.2) is 58.8 Å². The molecule has 168 valence electrons. The molecule has 1 N–H and O–H groups in total. The molecule has 0 radical (unpaired) electrons. The molecule has 2 aromatic carbocycles. The predicted molar refractivity (Wildman–Crippen MR) is 124 cm³/mol. The van der Waals surface area contributed by atoms with Crippen molar-refractivity contribution < 1.29 is 22.7 Å². The molecule has 0 aliphatic carbocycles. The van der Waals surface area contributed by atoms with Crippen LogP contribution in [-0.4, -0.2) is 38.9 Å². The largest absolute Gasteiger partial charge is 0.466 e. The van der Waals surface area contributed by atoms with E-state index in [1.807, 2.05) is 0 Å². The molecule has 11 heteroatoms. The van der Waals surface area contributed by atoms with Crippen LogP contribution >= 0.6 is 22.9 Å². The van der Waals surface area contributed by atoms with Crippen LogP contribution in [0.2, 0.25) is 5.02 Å². The molecule has 0 aliphatic rings. The lowest BCUT2D eigenvalue weighted by Crippen LogP contribution is -2.27. The summed E-state index contributed by atoms with van der Waals surface area (Å²) < 4.78 is 32.2. The van der Waals surface area contributed by atoms with Crippen molar-refractivity contribution >= 4 is 55.7 Å². The molecule has 1 amide bonds. The Labute approximate surface area is 194 Å². The van der Waals surface area contributed by atoms with Crippen molar-refractivity contribution in [2.45, 2.75) is 18.2 Å². The van der Waals surface area contributed by atoms with Gasteiger partial charge in [-0.1, -0.05) is 29.8 Å². The van der Waals surface area contributed by atoms with Crippen molar-refractivity contribution in [1.29, 1.82) is 0 Å². The van der Waals surface area contributed by atoms with Crippen LogP contribution in [0.5, 0.6) is 0 Å². The van der Waals surface area contributed by atoms with Crippen LogP contribution in [-0.2, 0) is 26.0 Å². The fourth-order valence-electron chi connectivity index (χ4n) is 2.74. The zero-order chi connectivity index (χ0) is 23.3. The third-order valence-electron chi connectivity index (χ3n) is 4.35. The van der Waals surface area contributed by atoms with Crippen LogP contribution in [0, 0.1) is 0 Å². The minimum absolute atomic E-state index is 0.00435. The summed E-state index contributed by atoms with van der Waals surface area (Å²) in [5.41, 5.74) is 1.01. The first-order chi connectivity index (χ1) is 15.2. The minimum Gasteiger partial charge on any atom is -0.466 e. The van der Waals surface area contributed by atoms with E-state index in [9.17, 15) is 18.0 Å². The molecule has 0 bridgehead atoms. The van der Waals surface area contributed by atoms with Gasteiger partial charge >= 0.3 is 5.97 Å². The van der Waals surface area contributed by atoms with Gasteiger partial charge in [0.25, 0.3) is 15.9 Å². The Morgan fingerprint density at radius 2 is 1.91 bits per heavy atom. The highest BCUT2D eigenvalue weighted by Gasteiger charge is 2.25. The number of halogens is 1. The van der Waals surface area contributed by atoms with Gasteiger partial charge in [0.05, 0.1) is 29.4 Å². The highest BCUT2D eigenvalue weighted by molar-refractivity contribution is 7.93. The van der Waals surface area contributed by atoms with Gasteiger partial charge in [-0.3, -0.25) is 19.2 Å². The first-order valence-electron chi connectivity index (χ1n) is 9.47. The maximum atomic E-state index is 13.1. The van der Waals surface area contributed by atoms with Crippen molar-refractivity contribution in [2.75, 3.05) is 23.3 Å².